The Morgan fingerprint density at radius 1 is 1.48 bits per heavy atom. The van der Waals surface area contributed by atoms with E-state index in [1.54, 1.807) is 24.6 Å². The Morgan fingerprint density at radius 3 is 2.93 bits per heavy atom. The topological polar surface area (TPSA) is 74.2 Å². The monoisotopic (exact) mass is 528 g/mol. The number of hydrogen-bond acceptors (Lipinski definition) is 5. The fourth-order valence-electron chi connectivity index (χ4n) is 3.49. The fourth-order valence-corrected chi connectivity index (χ4v) is 5.86. The van der Waals surface area contributed by atoms with Crippen LogP contribution in [0.2, 0.25) is 0 Å². The quantitative estimate of drug-likeness (QED) is 0.348. The van der Waals surface area contributed by atoms with Crippen LogP contribution in [0.5, 0.6) is 0 Å². The molecule has 7 nitrogen and oxygen atoms in total. The van der Waals surface area contributed by atoms with Gasteiger partial charge in [-0.2, -0.15) is 4.31 Å². The van der Waals surface area contributed by atoms with E-state index in [2.05, 4.69) is 15.2 Å². The van der Waals surface area contributed by atoms with Crippen LogP contribution in [0, 0.1) is 5.41 Å². The molecule has 2 aliphatic rings. The molecule has 1 aromatic heterocycles. The van der Waals surface area contributed by atoms with Crippen LogP contribution in [-0.2, 0) is 14.8 Å². The van der Waals surface area contributed by atoms with Gasteiger partial charge in [0.1, 0.15) is 4.21 Å². The summed E-state index contributed by atoms with van der Waals surface area (Å²) in [7, 11) is -1.80. The van der Waals surface area contributed by atoms with Crippen LogP contribution in [0.3, 0.4) is 0 Å². The summed E-state index contributed by atoms with van der Waals surface area (Å²) in [5.74, 6) is 0.873. The molecule has 0 saturated carbocycles. The van der Waals surface area contributed by atoms with E-state index in [-0.39, 0.29) is 29.4 Å². The maximum atomic E-state index is 12.5. The SMILES string of the molecule is CCNC(=NCCN(C)S(=O)(=O)c1cccs1)N1CCC2(CCOC2)C1.I. The average molecular weight is 528 g/mol. The average Bonchev–Trinajstić information content (AvgIpc) is 3.37. The van der Waals surface area contributed by atoms with Gasteiger partial charge in [-0.25, -0.2) is 8.42 Å². The molecule has 1 N–H and O–H groups in total. The first-order chi connectivity index (χ1) is 12.5. The molecule has 2 saturated heterocycles. The number of nitrogens with zero attached hydrogens (tertiary/aromatic N) is 3. The number of guanidine groups is 1. The van der Waals surface area contributed by atoms with Crippen molar-refractivity contribution in [2.75, 3.05) is 53.0 Å². The number of rotatable bonds is 6. The van der Waals surface area contributed by atoms with Crippen molar-refractivity contribution in [3.63, 3.8) is 0 Å². The van der Waals surface area contributed by atoms with Crippen LogP contribution in [0.25, 0.3) is 0 Å². The van der Waals surface area contributed by atoms with Crippen molar-refractivity contribution in [2.45, 2.75) is 24.0 Å². The highest BCUT2D eigenvalue weighted by molar-refractivity contribution is 14.0. The van der Waals surface area contributed by atoms with Crippen molar-refractivity contribution < 1.29 is 13.2 Å². The summed E-state index contributed by atoms with van der Waals surface area (Å²) in [6.45, 7) is 7.26. The van der Waals surface area contributed by atoms with Crippen LogP contribution < -0.4 is 5.32 Å². The summed E-state index contributed by atoms with van der Waals surface area (Å²) in [6.07, 6.45) is 2.24. The van der Waals surface area contributed by atoms with E-state index in [4.69, 9.17) is 4.74 Å². The molecule has 1 unspecified atom stereocenters. The van der Waals surface area contributed by atoms with Crippen LogP contribution in [-0.4, -0.2) is 76.6 Å². The predicted molar refractivity (Wildman–Crippen MR) is 120 cm³/mol. The zero-order valence-corrected chi connectivity index (χ0v) is 19.9. The van der Waals surface area contributed by atoms with Crippen molar-refractivity contribution >= 4 is 51.3 Å². The molecule has 3 rings (SSSR count). The van der Waals surface area contributed by atoms with Gasteiger partial charge in [-0.05, 0) is 31.2 Å². The number of likely N-dealkylation sites (N-methyl/N-ethyl adjacent to an activating group) is 1. The van der Waals surface area contributed by atoms with E-state index in [1.807, 2.05) is 6.92 Å². The fraction of sp³-hybridized carbons (Fsp3) is 0.706. The number of likely N-dealkylation sites (tertiary alicyclic amines) is 1. The molecule has 27 heavy (non-hydrogen) atoms. The predicted octanol–water partition coefficient (Wildman–Crippen LogP) is 2.06. The number of ether oxygens (including phenoxy) is 1. The molecule has 0 radical (unpaired) electrons. The third-order valence-corrected chi connectivity index (χ3v) is 8.32. The zero-order valence-electron chi connectivity index (χ0n) is 15.9. The van der Waals surface area contributed by atoms with Crippen molar-refractivity contribution in [2.24, 2.45) is 10.4 Å². The van der Waals surface area contributed by atoms with Gasteiger partial charge in [0.2, 0.25) is 0 Å². The number of aliphatic imine (C=N–C) groups is 1. The molecule has 10 heteroatoms. The summed E-state index contributed by atoms with van der Waals surface area (Å²) in [4.78, 5) is 6.96. The molecule has 3 heterocycles. The van der Waals surface area contributed by atoms with Gasteiger partial charge in [-0.15, -0.1) is 35.3 Å². The molecule has 2 fully saturated rings. The second-order valence-electron chi connectivity index (χ2n) is 6.97. The van der Waals surface area contributed by atoms with Crippen LogP contribution in [0.4, 0.5) is 0 Å². The molecule has 1 atom stereocenters. The van der Waals surface area contributed by atoms with Gasteiger partial charge < -0.3 is 15.0 Å². The maximum absolute atomic E-state index is 12.5. The summed E-state index contributed by atoms with van der Waals surface area (Å²) in [5, 5.41) is 5.12. The highest BCUT2D eigenvalue weighted by Gasteiger charge is 2.42. The van der Waals surface area contributed by atoms with Crippen molar-refractivity contribution in [1.29, 1.82) is 0 Å². The number of hydrogen-bond donors (Lipinski definition) is 1. The number of sulfonamides is 1. The van der Waals surface area contributed by atoms with E-state index in [9.17, 15) is 8.42 Å². The minimum absolute atomic E-state index is 0. The van der Waals surface area contributed by atoms with E-state index in [0.717, 1.165) is 51.6 Å². The standard InChI is InChI=1S/C17H28N4O3S2.HI/c1-3-18-16(21-9-6-17(13-21)7-11-24-14-17)19-8-10-20(2)26(22,23)15-5-4-12-25-15;/h4-5,12H,3,6-11,13-14H2,1-2H3,(H,18,19);1H. The second-order valence-corrected chi connectivity index (χ2v) is 10.2. The van der Waals surface area contributed by atoms with Crippen molar-refractivity contribution in [3.8, 4) is 0 Å². The van der Waals surface area contributed by atoms with Crippen LogP contribution >= 0.6 is 35.3 Å². The normalized spacial score (nSPS) is 23.2. The van der Waals surface area contributed by atoms with E-state index in [1.165, 1.54) is 15.6 Å². The van der Waals surface area contributed by atoms with Gasteiger partial charge in [0.25, 0.3) is 10.0 Å². The molecule has 1 aromatic rings. The molecule has 0 amide bonds. The Balaban J connectivity index is 0.00000261. The molecule has 154 valence electrons. The summed E-state index contributed by atoms with van der Waals surface area (Å²) in [5.41, 5.74) is 0.273. The number of nitrogens with one attached hydrogen (secondary N) is 1. The molecule has 0 aromatic carbocycles. The Labute approximate surface area is 183 Å². The van der Waals surface area contributed by atoms with Crippen molar-refractivity contribution in [3.05, 3.63) is 17.5 Å². The van der Waals surface area contributed by atoms with Gasteiger partial charge in [0.05, 0.1) is 13.2 Å². The molecular formula is C17H29IN4O3S2. The minimum Gasteiger partial charge on any atom is -0.381 e. The highest BCUT2D eigenvalue weighted by Crippen LogP contribution is 2.38. The summed E-state index contributed by atoms with van der Waals surface area (Å²) < 4.78 is 32.3. The lowest BCUT2D eigenvalue weighted by molar-refractivity contribution is 0.156. The van der Waals surface area contributed by atoms with Gasteiger partial charge in [-0.3, -0.25) is 4.99 Å². The second kappa shape index (κ2) is 9.86. The molecule has 1 spiro atoms. The summed E-state index contributed by atoms with van der Waals surface area (Å²) in [6, 6.07) is 3.39. The Morgan fingerprint density at radius 2 is 2.30 bits per heavy atom. The van der Waals surface area contributed by atoms with Crippen molar-refractivity contribution in [1.82, 2.24) is 14.5 Å². The van der Waals surface area contributed by atoms with Gasteiger partial charge in [0.15, 0.2) is 5.96 Å². The summed E-state index contributed by atoms with van der Waals surface area (Å²) >= 11 is 1.24. The third kappa shape index (κ3) is 5.34. The lowest BCUT2D eigenvalue weighted by Gasteiger charge is -2.25. The maximum Gasteiger partial charge on any atom is 0.252 e. The van der Waals surface area contributed by atoms with Gasteiger partial charge in [-0.1, -0.05) is 6.07 Å². The van der Waals surface area contributed by atoms with Gasteiger partial charge >= 0.3 is 0 Å². The first kappa shape index (κ1) is 22.9. The van der Waals surface area contributed by atoms with Gasteiger partial charge in [0, 0.05) is 45.2 Å². The third-order valence-electron chi connectivity index (χ3n) is 5.09. The van der Waals surface area contributed by atoms with E-state index >= 15 is 0 Å². The number of thiophene rings is 1. The Kier molecular flexibility index (Phi) is 8.34. The largest absolute Gasteiger partial charge is 0.381 e. The molecular weight excluding hydrogens is 499 g/mol. The first-order valence-electron chi connectivity index (χ1n) is 9.08. The molecule has 0 aliphatic carbocycles. The first-order valence-corrected chi connectivity index (χ1v) is 11.4. The highest BCUT2D eigenvalue weighted by atomic mass is 127. The van der Waals surface area contributed by atoms with E-state index < -0.39 is 10.0 Å². The molecule has 2 aliphatic heterocycles. The van der Waals surface area contributed by atoms with Crippen LogP contribution in [0.1, 0.15) is 19.8 Å². The lowest BCUT2D eigenvalue weighted by Crippen LogP contribution is -2.42. The lowest BCUT2D eigenvalue weighted by atomic mass is 9.87. The van der Waals surface area contributed by atoms with Crippen LogP contribution in [0.15, 0.2) is 26.7 Å². The van der Waals surface area contributed by atoms with E-state index in [0.29, 0.717) is 17.3 Å². The Bertz CT molecular complexity index is 719. The smallest absolute Gasteiger partial charge is 0.252 e. The number of halogens is 1. The molecule has 0 bridgehead atoms. The Hall–Kier alpha value is -0.430. The zero-order chi connectivity index (χ0) is 18.6. The minimum atomic E-state index is -3.41.